The summed E-state index contributed by atoms with van der Waals surface area (Å²) < 4.78 is 0. The van der Waals surface area contributed by atoms with Gasteiger partial charge in [0, 0.05) is 18.6 Å². The van der Waals surface area contributed by atoms with E-state index >= 15 is 0 Å². The Morgan fingerprint density at radius 1 is 1.17 bits per heavy atom. The van der Waals surface area contributed by atoms with Gasteiger partial charge >= 0.3 is 0 Å². The maximum Gasteiger partial charge on any atom is 0.162 e. The molecular weight excluding hydrogens is 152 g/mol. The fraction of sp³-hybridized carbons (Fsp3) is 0. The fourth-order valence-corrected chi connectivity index (χ4v) is 0.822. The molecule has 0 spiro atoms. The summed E-state index contributed by atoms with van der Waals surface area (Å²) in [5, 5.41) is 0. The van der Waals surface area contributed by atoms with Gasteiger partial charge in [-0.05, 0) is 6.07 Å². The average Bonchev–Trinajstić information content (AvgIpc) is 2.21. The standard InChI is InChI=1S/C8H5N4/c1-2-11-8(12-3-1)7-4-9-6-10-5-7/h1-2,4-6H. The molecule has 12 heavy (non-hydrogen) atoms. The lowest BCUT2D eigenvalue weighted by Gasteiger charge is -1.94. The van der Waals surface area contributed by atoms with Crippen LogP contribution >= 0.6 is 0 Å². The Balaban J connectivity index is 2.46. The third kappa shape index (κ3) is 1.27. The molecule has 57 valence electrons. The normalized spacial score (nSPS) is 9.67. The molecule has 0 atom stereocenters. The molecule has 0 fully saturated rings. The first kappa shape index (κ1) is 6.84. The lowest BCUT2D eigenvalue weighted by Crippen LogP contribution is -1.88. The SMILES string of the molecule is [c]1ccnc(-c2cncnc2)n1. The molecule has 1 radical (unpaired) electrons. The van der Waals surface area contributed by atoms with Crippen LogP contribution in [-0.2, 0) is 0 Å². The minimum atomic E-state index is 0.595. The summed E-state index contributed by atoms with van der Waals surface area (Å²) in [5.74, 6) is 0.595. The van der Waals surface area contributed by atoms with E-state index in [0.29, 0.717) is 5.82 Å². The Kier molecular flexibility index (Phi) is 1.74. The molecule has 0 saturated carbocycles. The van der Waals surface area contributed by atoms with Crippen molar-refractivity contribution in [2.24, 2.45) is 0 Å². The van der Waals surface area contributed by atoms with Gasteiger partial charge in [0.25, 0.3) is 0 Å². The molecule has 0 N–H and O–H groups in total. The Labute approximate surface area is 69.4 Å². The quantitative estimate of drug-likeness (QED) is 0.612. The molecule has 2 aromatic rings. The Morgan fingerprint density at radius 2 is 2.00 bits per heavy atom. The Hall–Kier alpha value is -1.84. The predicted molar refractivity (Wildman–Crippen MR) is 41.9 cm³/mol. The Bertz CT molecular complexity index is 308. The van der Waals surface area contributed by atoms with E-state index in [1.807, 2.05) is 0 Å². The zero-order valence-corrected chi connectivity index (χ0v) is 6.18. The summed E-state index contributed by atoms with van der Waals surface area (Å²) in [7, 11) is 0. The monoisotopic (exact) mass is 157 g/mol. The zero-order valence-electron chi connectivity index (χ0n) is 6.18. The summed E-state index contributed by atoms with van der Waals surface area (Å²) in [6.07, 6.45) is 9.12. The first-order valence-electron chi connectivity index (χ1n) is 3.41. The topological polar surface area (TPSA) is 51.6 Å². The van der Waals surface area contributed by atoms with Gasteiger partial charge < -0.3 is 0 Å². The second-order valence-corrected chi connectivity index (χ2v) is 2.14. The van der Waals surface area contributed by atoms with E-state index in [4.69, 9.17) is 0 Å². The van der Waals surface area contributed by atoms with Gasteiger partial charge in [-0.2, -0.15) is 0 Å². The van der Waals surface area contributed by atoms with Crippen LogP contribution in [0.25, 0.3) is 11.4 Å². The highest BCUT2D eigenvalue weighted by Gasteiger charge is 1.97. The second kappa shape index (κ2) is 3.04. The molecule has 2 rings (SSSR count). The van der Waals surface area contributed by atoms with E-state index in [1.165, 1.54) is 6.33 Å². The van der Waals surface area contributed by atoms with E-state index in [1.54, 1.807) is 24.7 Å². The van der Waals surface area contributed by atoms with Crippen LogP contribution in [0.4, 0.5) is 0 Å². The molecule has 4 nitrogen and oxygen atoms in total. The van der Waals surface area contributed by atoms with Gasteiger partial charge in [-0.15, -0.1) is 0 Å². The van der Waals surface area contributed by atoms with Crippen molar-refractivity contribution in [3.05, 3.63) is 37.2 Å². The van der Waals surface area contributed by atoms with Gasteiger partial charge in [-0.1, -0.05) is 0 Å². The molecule has 0 aliphatic carbocycles. The molecule has 2 heterocycles. The molecule has 0 saturated heterocycles. The van der Waals surface area contributed by atoms with Crippen LogP contribution < -0.4 is 0 Å². The smallest absolute Gasteiger partial charge is 0.162 e. The van der Waals surface area contributed by atoms with Crippen molar-refractivity contribution in [3.63, 3.8) is 0 Å². The van der Waals surface area contributed by atoms with Crippen molar-refractivity contribution in [2.45, 2.75) is 0 Å². The van der Waals surface area contributed by atoms with E-state index in [-0.39, 0.29) is 0 Å². The van der Waals surface area contributed by atoms with Crippen LogP contribution in [0.2, 0.25) is 0 Å². The number of nitrogens with zero attached hydrogens (tertiary/aromatic N) is 4. The van der Waals surface area contributed by atoms with Gasteiger partial charge in [-0.3, -0.25) is 0 Å². The Morgan fingerprint density at radius 3 is 2.67 bits per heavy atom. The van der Waals surface area contributed by atoms with Gasteiger partial charge in [0.2, 0.25) is 0 Å². The van der Waals surface area contributed by atoms with Gasteiger partial charge in [-0.25, -0.2) is 19.9 Å². The molecule has 2 aromatic heterocycles. The molecule has 0 bridgehead atoms. The first-order valence-corrected chi connectivity index (χ1v) is 3.41. The van der Waals surface area contributed by atoms with Crippen molar-refractivity contribution in [1.82, 2.24) is 19.9 Å². The average molecular weight is 157 g/mol. The van der Waals surface area contributed by atoms with Gasteiger partial charge in [0.1, 0.15) is 6.33 Å². The van der Waals surface area contributed by atoms with Crippen molar-refractivity contribution in [2.75, 3.05) is 0 Å². The summed E-state index contributed by atoms with van der Waals surface area (Å²) in [5.41, 5.74) is 0.800. The highest BCUT2D eigenvalue weighted by Crippen LogP contribution is 2.08. The third-order valence-corrected chi connectivity index (χ3v) is 1.34. The van der Waals surface area contributed by atoms with Crippen LogP contribution in [0.5, 0.6) is 0 Å². The molecule has 4 heteroatoms. The summed E-state index contributed by atoms with van der Waals surface area (Å²) in [6.45, 7) is 0. The van der Waals surface area contributed by atoms with Crippen LogP contribution in [0.1, 0.15) is 0 Å². The maximum atomic E-state index is 4.03. The van der Waals surface area contributed by atoms with Crippen LogP contribution in [-0.4, -0.2) is 19.9 Å². The highest BCUT2D eigenvalue weighted by atomic mass is 14.9. The molecule has 0 aliphatic heterocycles. The fourth-order valence-electron chi connectivity index (χ4n) is 0.822. The maximum absolute atomic E-state index is 4.03. The lowest BCUT2D eigenvalue weighted by molar-refractivity contribution is 1.12. The molecule has 0 aliphatic rings. The lowest BCUT2D eigenvalue weighted by atomic mass is 10.3. The second-order valence-electron chi connectivity index (χ2n) is 2.14. The molecule has 0 amide bonds. The van der Waals surface area contributed by atoms with E-state index < -0.39 is 0 Å². The summed E-state index contributed by atoms with van der Waals surface area (Å²) in [6, 6.07) is 1.65. The number of aromatic nitrogens is 4. The predicted octanol–water partition coefficient (Wildman–Crippen LogP) is 0.734. The van der Waals surface area contributed by atoms with E-state index in [0.717, 1.165) is 5.56 Å². The molecule has 0 aromatic carbocycles. The molecule has 0 unspecified atom stereocenters. The number of rotatable bonds is 1. The van der Waals surface area contributed by atoms with Crippen LogP contribution in [0.3, 0.4) is 0 Å². The number of hydrogen-bond acceptors (Lipinski definition) is 4. The van der Waals surface area contributed by atoms with Crippen molar-refractivity contribution < 1.29 is 0 Å². The minimum Gasteiger partial charge on any atom is -0.244 e. The zero-order chi connectivity index (χ0) is 8.23. The van der Waals surface area contributed by atoms with E-state index in [2.05, 4.69) is 26.1 Å². The number of hydrogen-bond donors (Lipinski definition) is 0. The van der Waals surface area contributed by atoms with Crippen LogP contribution in [0, 0.1) is 6.20 Å². The van der Waals surface area contributed by atoms with Gasteiger partial charge in [0.05, 0.1) is 11.8 Å². The van der Waals surface area contributed by atoms with E-state index in [9.17, 15) is 0 Å². The van der Waals surface area contributed by atoms with Crippen molar-refractivity contribution >= 4 is 0 Å². The molecular formula is C8H5N4. The van der Waals surface area contributed by atoms with Crippen molar-refractivity contribution in [1.29, 1.82) is 0 Å². The summed E-state index contributed by atoms with van der Waals surface area (Å²) >= 11 is 0. The minimum absolute atomic E-state index is 0.595. The van der Waals surface area contributed by atoms with Crippen LogP contribution in [0.15, 0.2) is 31.0 Å². The summed E-state index contributed by atoms with van der Waals surface area (Å²) in [4.78, 5) is 15.7. The largest absolute Gasteiger partial charge is 0.244 e. The van der Waals surface area contributed by atoms with Gasteiger partial charge in [0.15, 0.2) is 5.82 Å². The first-order chi connectivity index (χ1) is 5.97. The third-order valence-electron chi connectivity index (χ3n) is 1.34. The van der Waals surface area contributed by atoms with Crippen molar-refractivity contribution in [3.8, 4) is 11.4 Å². The highest BCUT2D eigenvalue weighted by molar-refractivity contribution is 5.50.